The molecule has 0 aromatic heterocycles. The van der Waals surface area contributed by atoms with E-state index in [1.165, 1.54) is 18.2 Å². The van der Waals surface area contributed by atoms with Gasteiger partial charge in [-0.1, -0.05) is 37.4 Å². The maximum atomic E-state index is 14.6. The molecule has 1 fully saturated rings. The molecule has 2 aliphatic rings. The van der Waals surface area contributed by atoms with Crippen LogP contribution in [-0.4, -0.2) is 17.4 Å². The van der Waals surface area contributed by atoms with Gasteiger partial charge in [-0.25, -0.2) is 8.78 Å². The van der Waals surface area contributed by atoms with Crippen LogP contribution < -0.4 is 10.6 Å². The minimum Gasteiger partial charge on any atom is -0.356 e. The molecule has 4 nitrogen and oxygen atoms in total. The second-order valence-corrected chi connectivity index (χ2v) is 6.55. The molecule has 1 atom stereocenters. The zero-order valence-electron chi connectivity index (χ0n) is 14.0. The molecule has 0 bridgehead atoms. The van der Waals surface area contributed by atoms with Crippen molar-refractivity contribution < 1.29 is 13.6 Å². The van der Waals surface area contributed by atoms with E-state index < -0.39 is 17.2 Å². The number of nitrogens with one attached hydrogen (secondary N) is 2. The van der Waals surface area contributed by atoms with E-state index in [1.54, 1.807) is 29.2 Å². The summed E-state index contributed by atoms with van der Waals surface area (Å²) in [5.74, 6) is -0.676. The molecular formula is C20H17F2N3O. The lowest BCUT2D eigenvalue weighted by molar-refractivity contribution is 0.0740. The van der Waals surface area contributed by atoms with E-state index in [9.17, 15) is 13.6 Å². The zero-order chi connectivity index (χ0) is 18.5. The number of carbonyl (C=O) groups is 1. The van der Waals surface area contributed by atoms with Gasteiger partial charge in [0.05, 0.1) is 12.4 Å². The first kappa shape index (κ1) is 16.3. The number of carbonyl (C=O) groups excluding carboxylic acids is 1. The molecule has 1 unspecified atom stereocenters. The third-order valence-electron chi connectivity index (χ3n) is 4.89. The minimum atomic E-state index is -1.06. The molecule has 0 aliphatic carbocycles. The monoisotopic (exact) mass is 353 g/mol. The Kier molecular flexibility index (Phi) is 3.57. The Labute approximate surface area is 149 Å². The van der Waals surface area contributed by atoms with E-state index in [-0.39, 0.29) is 12.5 Å². The van der Waals surface area contributed by atoms with Gasteiger partial charge in [0.2, 0.25) is 0 Å². The van der Waals surface area contributed by atoms with E-state index >= 15 is 0 Å². The Balaban J connectivity index is 1.74. The van der Waals surface area contributed by atoms with Crippen LogP contribution in [0, 0.1) is 11.6 Å². The Bertz CT molecular complexity index is 956. The summed E-state index contributed by atoms with van der Waals surface area (Å²) < 4.78 is 28.1. The molecule has 2 N–H and O–H groups in total. The fourth-order valence-electron chi connectivity index (χ4n) is 3.66. The Morgan fingerprint density at radius 2 is 1.92 bits per heavy atom. The Hall–Kier alpha value is -3.15. The van der Waals surface area contributed by atoms with Crippen LogP contribution in [0.2, 0.25) is 0 Å². The van der Waals surface area contributed by atoms with Crippen molar-refractivity contribution in [2.75, 3.05) is 6.54 Å². The Morgan fingerprint density at radius 1 is 1.15 bits per heavy atom. The first-order chi connectivity index (χ1) is 12.4. The van der Waals surface area contributed by atoms with Gasteiger partial charge >= 0.3 is 0 Å². The third kappa shape index (κ3) is 2.37. The molecule has 132 valence electrons. The van der Waals surface area contributed by atoms with Crippen molar-refractivity contribution in [3.63, 3.8) is 0 Å². The highest BCUT2D eigenvalue weighted by atomic mass is 19.1. The molecule has 0 spiro atoms. The van der Waals surface area contributed by atoms with Crippen LogP contribution in [0.15, 0.2) is 67.1 Å². The molecule has 2 aliphatic heterocycles. The number of fused-ring (bicyclic) bond motifs is 1. The summed E-state index contributed by atoms with van der Waals surface area (Å²) in [5.41, 5.74) is 0.895. The number of hydrogen-bond donors (Lipinski definition) is 2. The molecule has 2 aromatic rings. The van der Waals surface area contributed by atoms with Crippen molar-refractivity contribution in [3.8, 4) is 0 Å². The van der Waals surface area contributed by atoms with Gasteiger partial charge in [0, 0.05) is 23.4 Å². The molecule has 1 amide bonds. The standard InChI is InChI=1S/C20H17F2N3O/c1-12-20(24-13(2)23-12,17-5-3-4-6-18(17)22)11-25-10-14-7-8-15(21)9-16(14)19(25)26/h3-9,23-24H,1-2,10-11H2. The van der Waals surface area contributed by atoms with E-state index in [1.807, 2.05) is 0 Å². The maximum Gasteiger partial charge on any atom is 0.254 e. The number of halogens is 2. The summed E-state index contributed by atoms with van der Waals surface area (Å²) in [7, 11) is 0. The smallest absolute Gasteiger partial charge is 0.254 e. The molecule has 2 aromatic carbocycles. The van der Waals surface area contributed by atoms with Gasteiger partial charge in [0.25, 0.3) is 5.91 Å². The summed E-state index contributed by atoms with van der Waals surface area (Å²) in [6.45, 7) is 8.31. The van der Waals surface area contributed by atoms with Gasteiger partial charge < -0.3 is 15.5 Å². The predicted octanol–water partition coefficient (Wildman–Crippen LogP) is 2.99. The van der Waals surface area contributed by atoms with E-state index in [2.05, 4.69) is 23.8 Å². The highest BCUT2D eigenvalue weighted by Crippen LogP contribution is 2.37. The molecular weight excluding hydrogens is 336 g/mol. The van der Waals surface area contributed by atoms with Crippen molar-refractivity contribution in [2.45, 2.75) is 12.1 Å². The predicted molar refractivity (Wildman–Crippen MR) is 93.8 cm³/mol. The van der Waals surface area contributed by atoms with E-state index in [0.29, 0.717) is 29.2 Å². The quantitative estimate of drug-likeness (QED) is 0.892. The van der Waals surface area contributed by atoms with Crippen molar-refractivity contribution in [2.24, 2.45) is 0 Å². The molecule has 2 heterocycles. The zero-order valence-corrected chi connectivity index (χ0v) is 14.0. The maximum absolute atomic E-state index is 14.6. The number of rotatable bonds is 3. The van der Waals surface area contributed by atoms with E-state index in [0.717, 1.165) is 5.56 Å². The average Bonchev–Trinajstić information content (AvgIpc) is 3.05. The van der Waals surface area contributed by atoms with Crippen molar-refractivity contribution >= 4 is 5.91 Å². The van der Waals surface area contributed by atoms with Gasteiger partial charge in [0.1, 0.15) is 17.2 Å². The lowest BCUT2D eigenvalue weighted by Gasteiger charge is -2.34. The van der Waals surface area contributed by atoms with E-state index in [4.69, 9.17) is 0 Å². The largest absolute Gasteiger partial charge is 0.356 e. The fourth-order valence-corrected chi connectivity index (χ4v) is 3.66. The number of nitrogens with zero attached hydrogens (tertiary/aromatic N) is 1. The van der Waals surface area contributed by atoms with Crippen LogP contribution >= 0.6 is 0 Å². The second kappa shape index (κ2) is 5.69. The number of amides is 1. The Morgan fingerprint density at radius 3 is 2.62 bits per heavy atom. The summed E-state index contributed by atoms with van der Waals surface area (Å²) >= 11 is 0. The first-order valence-electron chi connectivity index (χ1n) is 8.17. The molecule has 4 rings (SSSR count). The van der Waals surface area contributed by atoms with Crippen LogP contribution in [0.25, 0.3) is 0 Å². The summed E-state index contributed by atoms with van der Waals surface area (Å²) in [6.07, 6.45) is 0. The minimum absolute atomic E-state index is 0.133. The third-order valence-corrected chi connectivity index (χ3v) is 4.89. The van der Waals surface area contributed by atoms with Gasteiger partial charge in [-0.2, -0.15) is 0 Å². The van der Waals surface area contributed by atoms with Crippen LogP contribution in [0.5, 0.6) is 0 Å². The number of benzene rings is 2. The SMILES string of the molecule is C=C1NC(=C)C(CN2Cc3ccc(F)cc3C2=O)(c2ccccc2F)N1. The van der Waals surface area contributed by atoms with Gasteiger partial charge in [-0.3, -0.25) is 4.79 Å². The van der Waals surface area contributed by atoms with Crippen molar-refractivity contribution in [3.05, 3.63) is 95.5 Å². The van der Waals surface area contributed by atoms with Crippen molar-refractivity contribution in [1.82, 2.24) is 15.5 Å². The number of hydrogen-bond acceptors (Lipinski definition) is 3. The van der Waals surface area contributed by atoms with Crippen LogP contribution in [0.1, 0.15) is 21.5 Å². The lowest BCUT2D eigenvalue weighted by Crippen LogP contribution is -2.48. The van der Waals surface area contributed by atoms with Crippen LogP contribution in [-0.2, 0) is 12.1 Å². The highest BCUT2D eigenvalue weighted by molar-refractivity contribution is 5.98. The summed E-state index contributed by atoms with van der Waals surface area (Å²) in [6, 6.07) is 10.5. The fraction of sp³-hybridized carbons (Fsp3) is 0.150. The molecule has 0 saturated carbocycles. The average molecular weight is 353 g/mol. The van der Waals surface area contributed by atoms with Crippen molar-refractivity contribution in [1.29, 1.82) is 0 Å². The second-order valence-electron chi connectivity index (χ2n) is 6.55. The normalized spacial score (nSPS) is 21.6. The van der Waals surface area contributed by atoms with Crippen LogP contribution in [0.3, 0.4) is 0 Å². The summed E-state index contributed by atoms with van der Waals surface area (Å²) in [5, 5.41) is 6.13. The summed E-state index contributed by atoms with van der Waals surface area (Å²) in [4.78, 5) is 14.3. The first-order valence-corrected chi connectivity index (χ1v) is 8.17. The molecule has 6 heteroatoms. The molecule has 0 radical (unpaired) electrons. The lowest BCUT2D eigenvalue weighted by atomic mass is 9.87. The van der Waals surface area contributed by atoms with Gasteiger partial charge in [0.15, 0.2) is 0 Å². The topological polar surface area (TPSA) is 44.4 Å². The van der Waals surface area contributed by atoms with Crippen LogP contribution in [0.4, 0.5) is 8.78 Å². The van der Waals surface area contributed by atoms with Gasteiger partial charge in [-0.15, -0.1) is 0 Å². The van der Waals surface area contributed by atoms with Gasteiger partial charge in [-0.05, 0) is 23.8 Å². The molecule has 1 saturated heterocycles. The molecule has 26 heavy (non-hydrogen) atoms. The highest BCUT2D eigenvalue weighted by Gasteiger charge is 2.46.